The zero-order chi connectivity index (χ0) is 9.38. The fourth-order valence-electron chi connectivity index (χ4n) is 2.20. The molecule has 2 nitrogen and oxygen atoms in total. The molecule has 0 radical (unpaired) electrons. The van der Waals surface area contributed by atoms with Crippen LogP contribution in [0.1, 0.15) is 24.3 Å². The molecule has 3 rings (SSSR count). The molecule has 1 saturated heterocycles. The highest BCUT2D eigenvalue weighted by molar-refractivity contribution is 7.17. The van der Waals surface area contributed by atoms with Gasteiger partial charge in [-0.2, -0.15) is 0 Å². The maximum atomic E-state index is 5.53. The van der Waals surface area contributed by atoms with Gasteiger partial charge in [0.05, 0.1) is 11.0 Å². The molecule has 74 valence electrons. The van der Waals surface area contributed by atoms with Crippen molar-refractivity contribution in [2.45, 2.75) is 18.8 Å². The summed E-state index contributed by atoms with van der Waals surface area (Å²) < 4.78 is 6.82. The zero-order valence-corrected chi connectivity index (χ0v) is 8.77. The first-order valence-corrected chi connectivity index (χ1v) is 5.98. The van der Waals surface area contributed by atoms with E-state index in [4.69, 9.17) is 4.42 Å². The molecule has 3 heteroatoms. The smallest absolute Gasteiger partial charge is 0.148 e. The van der Waals surface area contributed by atoms with Gasteiger partial charge in [-0.05, 0) is 43.3 Å². The first kappa shape index (κ1) is 8.50. The number of rotatable bonds is 1. The Morgan fingerprint density at radius 1 is 1.36 bits per heavy atom. The molecule has 0 saturated carbocycles. The molecular formula is C11H13NOS. The van der Waals surface area contributed by atoms with E-state index in [1.54, 1.807) is 17.6 Å². The number of furan rings is 1. The van der Waals surface area contributed by atoms with Crippen LogP contribution < -0.4 is 5.32 Å². The molecular weight excluding hydrogens is 194 g/mol. The molecule has 0 atom stereocenters. The summed E-state index contributed by atoms with van der Waals surface area (Å²) in [5.74, 6) is 0.705. The van der Waals surface area contributed by atoms with Gasteiger partial charge in [-0.15, -0.1) is 11.3 Å². The molecule has 0 bridgehead atoms. The minimum absolute atomic E-state index is 0.705. The Bertz CT molecular complexity index is 425. The Morgan fingerprint density at radius 2 is 2.21 bits per heavy atom. The maximum absolute atomic E-state index is 5.53. The van der Waals surface area contributed by atoms with Crippen LogP contribution in [0.15, 0.2) is 22.1 Å². The number of thiophene rings is 1. The topological polar surface area (TPSA) is 25.2 Å². The van der Waals surface area contributed by atoms with E-state index >= 15 is 0 Å². The van der Waals surface area contributed by atoms with E-state index in [0.717, 1.165) is 18.7 Å². The van der Waals surface area contributed by atoms with Gasteiger partial charge >= 0.3 is 0 Å². The fraction of sp³-hybridized carbons (Fsp3) is 0.455. The Labute approximate surface area is 86.9 Å². The lowest BCUT2D eigenvalue weighted by Gasteiger charge is -2.21. The average molecular weight is 207 g/mol. The predicted molar refractivity (Wildman–Crippen MR) is 58.9 cm³/mol. The quantitative estimate of drug-likeness (QED) is 0.777. The highest BCUT2D eigenvalue weighted by Gasteiger charge is 2.19. The summed E-state index contributed by atoms with van der Waals surface area (Å²) in [6.45, 7) is 2.28. The highest BCUT2D eigenvalue weighted by Crippen LogP contribution is 2.35. The average Bonchev–Trinajstić information content (AvgIpc) is 2.79. The summed E-state index contributed by atoms with van der Waals surface area (Å²) in [5.41, 5.74) is 2.55. The van der Waals surface area contributed by atoms with Crippen molar-refractivity contribution in [3.05, 3.63) is 23.3 Å². The number of nitrogens with one attached hydrogen (secondary N) is 1. The van der Waals surface area contributed by atoms with Crippen molar-refractivity contribution in [3.63, 3.8) is 0 Å². The largest absolute Gasteiger partial charge is 0.463 e. The number of hydrogen-bond acceptors (Lipinski definition) is 3. The van der Waals surface area contributed by atoms with Crippen LogP contribution in [0, 0.1) is 0 Å². The fourth-order valence-corrected chi connectivity index (χ4v) is 3.16. The molecule has 0 aliphatic carbocycles. The van der Waals surface area contributed by atoms with Gasteiger partial charge in [-0.25, -0.2) is 0 Å². The van der Waals surface area contributed by atoms with E-state index in [-0.39, 0.29) is 0 Å². The Kier molecular flexibility index (Phi) is 2.07. The van der Waals surface area contributed by atoms with Crippen LogP contribution in [0.2, 0.25) is 0 Å². The van der Waals surface area contributed by atoms with Crippen molar-refractivity contribution >= 4 is 21.6 Å². The molecule has 1 aliphatic heterocycles. The van der Waals surface area contributed by atoms with Crippen molar-refractivity contribution < 1.29 is 4.42 Å². The minimum atomic E-state index is 0.705. The molecule has 14 heavy (non-hydrogen) atoms. The van der Waals surface area contributed by atoms with E-state index in [1.807, 2.05) is 0 Å². The van der Waals surface area contributed by atoms with E-state index < -0.39 is 0 Å². The van der Waals surface area contributed by atoms with E-state index in [1.165, 1.54) is 23.1 Å². The van der Waals surface area contributed by atoms with Gasteiger partial charge in [0.15, 0.2) is 0 Å². The summed E-state index contributed by atoms with van der Waals surface area (Å²) in [7, 11) is 0. The molecule has 2 aromatic heterocycles. The minimum Gasteiger partial charge on any atom is -0.463 e. The molecule has 3 heterocycles. The molecule has 0 unspecified atom stereocenters. The van der Waals surface area contributed by atoms with E-state index in [2.05, 4.69) is 16.8 Å². The van der Waals surface area contributed by atoms with E-state index in [0.29, 0.717) is 5.92 Å². The lowest BCUT2D eigenvalue weighted by atomic mass is 9.92. The molecule has 1 fully saturated rings. The van der Waals surface area contributed by atoms with Crippen LogP contribution in [-0.4, -0.2) is 13.1 Å². The molecule has 1 N–H and O–H groups in total. The zero-order valence-electron chi connectivity index (χ0n) is 7.95. The van der Waals surface area contributed by atoms with Crippen LogP contribution in [0.25, 0.3) is 10.3 Å². The summed E-state index contributed by atoms with van der Waals surface area (Å²) in [5, 5.41) is 5.66. The van der Waals surface area contributed by atoms with Crippen molar-refractivity contribution in [1.82, 2.24) is 5.32 Å². The second kappa shape index (κ2) is 3.41. The maximum Gasteiger partial charge on any atom is 0.148 e. The SMILES string of the molecule is c1cc2scc(C3CCNCC3)c2o1. The molecule has 1 aliphatic rings. The van der Waals surface area contributed by atoms with Crippen LogP contribution in [0.5, 0.6) is 0 Å². The van der Waals surface area contributed by atoms with Gasteiger partial charge in [-0.1, -0.05) is 0 Å². The second-order valence-corrected chi connectivity index (χ2v) is 4.74. The van der Waals surface area contributed by atoms with Crippen LogP contribution in [0.3, 0.4) is 0 Å². The Balaban J connectivity index is 1.99. The lowest BCUT2D eigenvalue weighted by Crippen LogP contribution is -2.26. The third-order valence-corrected chi connectivity index (χ3v) is 3.93. The molecule has 0 aromatic carbocycles. The first-order chi connectivity index (χ1) is 6.95. The summed E-state index contributed by atoms with van der Waals surface area (Å²) in [6.07, 6.45) is 4.28. The summed E-state index contributed by atoms with van der Waals surface area (Å²) in [6, 6.07) is 2.06. The standard InChI is InChI=1S/C11H13NOS/c1-4-12-5-2-8(1)9-7-14-10-3-6-13-11(9)10/h3,6-8,12H,1-2,4-5H2. The summed E-state index contributed by atoms with van der Waals surface area (Å²) >= 11 is 1.80. The molecule has 2 aromatic rings. The Morgan fingerprint density at radius 3 is 3.07 bits per heavy atom. The number of piperidine rings is 1. The van der Waals surface area contributed by atoms with Crippen molar-refractivity contribution in [1.29, 1.82) is 0 Å². The van der Waals surface area contributed by atoms with Gasteiger partial charge in [-0.3, -0.25) is 0 Å². The summed E-state index contributed by atoms with van der Waals surface area (Å²) in [4.78, 5) is 0. The molecule has 0 spiro atoms. The first-order valence-electron chi connectivity index (χ1n) is 5.10. The highest BCUT2D eigenvalue weighted by atomic mass is 32.1. The van der Waals surface area contributed by atoms with Gasteiger partial charge in [0, 0.05) is 5.56 Å². The van der Waals surface area contributed by atoms with Crippen LogP contribution >= 0.6 is 11.3 Å². The van der Waals surface area contributed by atoms with Gasteiger partial charge < -0.3 is 9.73 Å². The number of fused-ring (bicyclic) bond motifs is 1. The number of hydrogen-bond donors (Lipinski definition) is 1. The monoisotopic (exact) mass is 207 g/mol. The van der Waals surface area contributed by atoms with Gasteiger partial charge in [0.25, 0.3) is 0 Å². The Hall–Kier alpha value is -0.800. The third-order valence-electron chi connectivity index (χ3n) is 2.98. The lowest BCUT2D eigenvalue weighted by molar-refractivity contribution is 0.458. The second-order valence-electron chi connectivity index (χ2n) is 3.83. The van der Waals surface area contributed by atoms with Gasteiger partial charge in [0.2, 0.25) is 0 Å². The predicted octanol–water partition coefficient (Wildman–Crippen LogP) is 2.96. The van der Waals surface area contributed by atoms with Crippen LogP contribution in [-0.2, 0) is 0 Å². The van der Waals surface area contributed by atoms with Crippen molar-refractivity contribution in [3.8, 4) is 0 Å². The van der Waals surface area contributed by atoms with Crippen LogP contribution in [0.4, 0.5) is 0 Å². The van der Waals surface area contributed by atoms with Gasteiger partial charge in [0.1, 0.15) is 5.58 Å². The molecule has 0 amide bonds. The van der Waals surface area contributed by atoms with Crippen molar-refractivity contribution in [2.75, 3.05) is 13.1 Å². The van der Waals surface area contributed by atoms with Crippen molar-refractivity contribution in [2.24, 2.45) is 0 Å². The van der Waals surface area contributed by atoms with E-state index in [9.17, 15) is 0 Å². The normalized spacial score (nSPS) is 19.1. The third kappa shape index (κ3) is 1.28.